The van der Waals surface area contributed by atoms with E-state index in [1.807, 2.05) is 13.0 Å². The Hall–Kier alpha value is -1.66. The van der Waals surface area contributed by atoms with Gasteiger partial charge in [-0.1, -0.05) is 13.8 Å². The van der Waals surface area contributed by atoms with E-state index in [2.05, 4.69) is 0 Å². The summed E-state index contributed by atoms with van der Waals surface area (Å²) in [5.41, 5.74) is -2.18. The van der Waals surface area contributed by atoms with Crippen LogP contribution in [-0.2, 0) is 20.7 Å². The third kappa shape index (κ3) is 1.94. The molecule has 2 heterocycles. The average Bonchev–Trinajstić information content (AvgIpc) is 3.22. The standard InChI is InChI=1S/C20H26O6/c1-11-14(22)15-16-18(2,7-5-13(21)19(16,3)17(23)26-15)20(11,24)8-4-12-6-9-25-10-12/h6,9-11,13,15-16,21,24H,4-5,7-8H2,1-3H3/t11-,13+,15-,16-,18+,19+,20-/m0/s1. The zero-order valence-electron chi connectivity index (χ0n) is 15.4. The molecule has 0 radical (unpaired) electrons. The molecule has 3 fully saturated rings. The van der Waals surface area contributed by atoms with E-state index in [1.165, 1.54) is 0 Å². The van der Waals surface area contributed by atoms with Gasteiger partial charge in [-0.3, -0.25) is 9.59 Å². The number of esters is 1. The molecule has 6 nitrogen and oxygen atoms in total. The summed E-state index contributed by atoms with van der Waals surface area (Å²) in [6.45, 7) is 5.37. The maximum absolute atomic E-state index is 13.0. The number of aryl methyl sites for hydroxylation is 1. The Bertz CT molecular complexity index is 741. The maximum atomic E-state index is 13.0. The normalized spacial score (nSPS) is 47.6. The number of rotatable bonds is 3. The molecule has 142 valence electrons. The summed E-state index contributed by atoms with van der Waals surface area (Å²) in [5, 5.41) is 22.4. The minimum Gasteiger partial charge on any atom is -0.472 e. The van der Waals surface area contributed by atoms with Gasteiger partial charge in [-0.15, -0.1) is 0 Å². The molecule has 1 aromatic rings. The van der Waals surface area contributed by atoms with Crippen molar-refractivity contribution in [2.45, 2.75) is 64.3 Å². The lowest BCUT2D eigenvalue weighted by Gasteiger charge is -2.61. The van der Waals surface area contributed by atoms with Gasteiger partial charge in [0, 0.05) is 17.3 Å². The molecule has 2 saturated carbocycles. The molecule has 6 heteroatoms. The predicted octanol–water partition coefficient (Wildman–Crippen LogP) is 1.87. The Balaban J connectivity index is 1.78. The van der Waals surface area contributed by atoms with Crippen LogP contribution in [0.1, 0.15) is 45.6 Å². The van der Waals surface area contributed by atoms with E-state index in [4.69, 9.17) is 9.15 Å². The van der Waals surface area contributed by atoms with Crippen LogP contribution < -0.4 is 0 Å². The van der Waals surface area contributed by atoms with Crippen molar-refractivity contribution in [1.29, 1.82) is 0 Å². The van der Waals surface area contributed by atoms with Gasteiger partial charge >= 0.3 is 5.97 Å². The number of furan rings is 1. The van der Waals surface area contributed by atoms with Crippen molar-refractivity contribution in [3.63, 3.8) is 0 Å². The van der Waals surface area contributed by atoms with Gasteiger partial charge in [-0.2, -0.15) is 0 Å². The highest BCUT2D eigenvalue weighted by Gasteiger charge is 2.75. The van der Waals surface area contributed by atoms with Crippen molar-refractivity contribution < 1.29 is 29.0 Å². The SMILES string of the molecule is C[C@H]1C(=O)[C@@H]2OC(=O)[C@]3(C)[C@H](O)CC[C@](C)([C@H]23)[C@]1(O)CCc1ccoc1. The largest absolute Gasteiger partial charge is 0.472 e. The van der Waals surface area contributed by atoms with Crippen molar-refractivity contribution in [3.8, 4) is 0 Å². The van der Waals surface area contributed by atoms with Crippen LogP contribution >= 0.6 is 0 Å². The quantitative estimate of drug-likeness (QED) is 0.797. The van der Waals surface area contributed by atoms with Crippen molar-refractivity contribution >= 4 is 11.8 Å². The number of hydrogen-bond donors (Lipinski definition) is 2. The molecule has 0 spiro atoms. The molecule has 0 unspecified atom stereocenters. The molecule has 1 aromatic heterocycles. The van der Waals surface area contributed by atoms with Gasteiger partial charge in [0.15, 0.2) is 11.9 Å². The number of Topliss-reactive ketones (excluding diaryl/α,β-unsaturated/α-hetero) is 1. The molecule has 4 rings (SSSR count). The molecular weight excluding hydrogens is 336 g/mol. The minimum absolute atomic E-state index is 0.242. The lowest BCUT2D eigenvalue weighted by Crippen LogP contribution is -2.70. The summed E-state index contributed by atoms with van der Waals surface area (Å²) in [6.07, 6.45) is 3.39. The molecule has 2 aliphatic carbocycles. The number of ether oxygens (including phenoxy) is 1. The first-order chi connectivity index (χ1) is 12.2. The van der Waals surface area contributed by atoms with Crippen molar-refractivity contribution in [2.75, 3.05) is 0 Å². The maximum Gasteiger partial charge on any atom is 0.315 e. The van der Waals surface area contributed by atoms with Crippen LogP contribution in [0.15, 0.2) is 23.0 Å². The zero-order chi connectivity index (χ0) is 18.9. The highest BCUT2D eigenvalue weighted by atomic mass is 16.6. The highest BCUT2D eigenvalue weighted by molar-refractivity contribution is 5.95. The predicted molar refractivity (Wildman–Crippen MR) is 91.0 cm³/mol. The van der Waals surface area contributed by atoms with Crippen molar-refractivity contribution in [3.05, 3.63) is 24.2 Å². The molecule has 7 atom stereocenters. The van der Waals surface area contributed by atoms with Crippen LogP contribution in [0.5, 0.6) is 0 Å². The highest BCUT2D eigenvalue weighted by Crippen LogP contribution is 2.66. The summed E-state index contributed by atoms with van der Waals surface area (Å²) in [7, 11) is 0. The second-order valence-electron chi connectivity index (χ2n) is 8.74. The lowest BCUT2D eigenvalue weighted by molar-refractivity contribution is -0.225. The van der Waals surface area contributed by atoms with Crippen LogP contribution in [0.4, 0.5) is 0 Å². The first-order valence-corrected chi connectivity index (χ1v) is 9.32. The van der Waals surface area contributed by atoms with Gasteiger partial charge in [-0.05, 0) is 44.2 Å². The Morgan fingerprint density at radius 1 is 1.31 bits per heavy atom. The number of hydrogen-bond acceptors (Lipinski definition) is 6. The Kier molecular flexibility index (Phi) is 3.70. The van der Waals surface area contributed by atoms with Gasteiger partial charge in [-0.25, -0.2) is 0 Å². The third-order valence-electron chi connectivity index (χ3n) is 7.73. The van der Waals surface area contributed by atoms with Gasteiger partial charge in [0.05, 0.1) is 29.6 Å². The second kappa shape index (κ2) is 5.42. The topological polar surface area (TPSA) is 97.0 Å². The Labute approximate surface area is 152 Å². The molecule has 0 aromatic carbocycles. The Morgan fingerprint density at radius 3 is 2.69 bits per heavy atom. The number of carbonyl (C=O) groups excluding carboxylic acids is 2. The van der Waals surface area contributed by atoms with Gasteiger partial charge in [0.2, 0.25) is 0 Å². The zero-order valence-corrected chi connectivity index (χ0v) is 15.4. The first kappa shape index (κ1) is 17.7. The molecule has 0 bridgehead atoms. The third-order valence-corrected chi connectivity index (χ3v) is 7.73. The van der Waals surface area contributed by atoms with E-state index in [9.17, 15) is 19.8 Å². The van der Waals surface area contributed by atoms with Gasteiger partial charge in [0.1, 0.15) is 0 Å². The number of aliphatic hydroxyl groups is 2. The number of ketones is 1. The molecular formula is C20H26O6. The van der Waals surface area contributed by atoms with Crippen LogP contribution in [0.3, 0.4) is 0 Å². The summed E-state index contributed by atoms with van der Waals surface area (Å²) in [4.78, 5) is 25.6. The summed E-state index contributed by atoms with van der Waals surface area (Å²) in [5.74, 6) is -1.94. The smallest absolute Gasteiger partial charge is 0.315 e. The van der Waals surface area contributed by atoms with Crippen LogP contribution in [0, 0.1) is 22.7 Å². The minimum atomic E-state index is -1.28. The summed E-state index contributed by atoms with van der Waals surface area (Å²) >= 11 is 0. The number of carbonyl (C=O) groups is 2. The van der Waals surface area contributed by atoms with Crippen LogP contribution in [0.2, 0.25) is 0 Å². The van der Waals surface area contributed by atoms with Crippen LogP contribution in [-0.4, -0.2) is 39.8 Å². The monoisotopic (exact) mass is 362 g/mol. The molecule has 26 heavy (non-hydrogen) atoms. The fourth-order valence-electron chi connectivity index (χ4n) is 5.94. The van der Waals surface area contributed by atoms with Gasteiger partial charge < -0.3 is 19.4 Å². The van der Waals surface area contributed by atoms with Crippen molar-refractivity contribution in [2.24, 2.45) is 22.7 Å². The average molecular weight is 362 g/mol. The van der Waals surface area contributed by atoms with Gasteiger partial charge in [0.25, 0.3) is 0 Å². The molecule has 3 aliphatic rings. The molecule has 1 saturated heterocycles. The first-order valence-electron chi connectivity index (χ1n) is 9.32. The van der Waals surface area contributed by atoms with Crippen molar-refractivity contribution in [1.82, 2.24) is 0 Å². The van der Waals surface area contributed by atoms with E-state index in [0.29, 0.717) is 25.7 Å². The lowest BCUT2D eigenvalue weighted by atomic mass is 9.43. The summed E-state index contributed by atoms with van der Waals surface area (Å²) in [6, 6.07) is 1.85. The van der Waals surface area contributed by atoms with E-state index in [-0.39, 0.29) is 5.78 Å². The Morgan fingerprint density at radius 2 is 2.04 bits per heavy atom. The van der Waals surface area contributed by atoms with E-state index in [0.717, 1.165) is 5.56 Å². The molecule has 2 N–H and O–H groups in total. The van der Waals surface area contributed by atoms with E-state index >= 15 is 0 Å². The molecule has 0 amide bonds. The van der Waals surface area contributed by atoms with E-state index < -0.39 is 46.4 Å². The summed E-state index contributed by atoms with van der Waals surface area (Å²) < 4.78 is 10.6. The fourth-order valence-corrected chi connectivity index (χ4v) is 5.94. The second-order valence-corrected chi connectivity index (χ2v) is 8.74. The molecule has 1 aliphatic heterocycles. The fraction of sp³-hybridized carbons (Fsp3) is 0.700. The number of aliphatic hydroxyl groups excluding tert-OH is 1. The van der Waals surface area contributed by atoms with Crippen LogP contribution in [0.25, 0.3) is 0 Å². The van der Waals surface area contributed by atoms with E-state index in [1.54, 1.807) is 26.4 Å².